The van der Waals surface area contributed by atoms with Gasteiger partial charge in [-0.1, -0.05) is 0 Å². The van der Waals surface area contributed by atoms with Crippen molar-refractivity contribution >= 4 is 17.2 Å². The molecule has 6 heteroatoms. The average molecular weight is 327 g/mol. The number of nitrogens with one attached hydrogen (secondary N) is 1. The normalized spacial score (nSPS) is 11.2. The summed E-state index contributed by atoms with van der Waals surface area (Å²) in [4.78, 5) is 15.1. The first-order chi connectivity index (χ1) is 11.6. The molecule has 0 aliphatic carbocycles. The summed E-state index contributed by atoms with van der Waals surface area (Å²) < 4.78 is 12.3. The number of nitrogens with zero attached hydrogens (tertiary/aromatic N) is 2. The van der Waals surface area contributed by atoms with Crippen LogP contribution in [0.25, 0.3) is 22.2 Å². The minimum Gasteiger partial charge on any atom is -0.497 e. The average Bonchev–Trinajstić information content (AvgIpc) is 3.08. The molecule has 6 nitrogen and oxygen atoms in total. The zero-order chi connectivity index (χ0) is 17.3. The Labute approximate surface area is 140 Å². The second-order valence-corrected chi connectivity index (χ2v) is 5.70. The minimum absolute atomic E-state index is 0.589. The summed E-state index contributed by atoms with van der Waals surface area (Å²) in [5.74, 6) is 0.723. The predicted octanol–water partition coefficient (Wildman–Crippen LogP) is 3.12. The Morgan fingerprint density at radius 2 is 2.08 bits per heavy atom. The first-order valence-electron chi connectivity index (χ1n) is 7.79. The Morgan fingerprint density at radius 1 is 1.29 bits per heavy atom. The number of aldehydes is 1. The number of hydrogen-bond donors (Lipinski definition) is 1. The largest absolute Gasteiger partial charge is 0.497 e. The first-order valence-corrected chi connectivity index (χ1v) is 7.79. The zero-order valence-electron chi connectivity index (χ0n) is 14.3. The minimum atomic E-state index is 0.589. The third-order valence-electron chi connectivity index (χ3n) is 4.30. The van der Waals surface area contributed by atoms with E-state index >= 15 is 0 Å². The smallest absolute Gasteiger partial charge is 0.152 e. The number of aromatic amines is 1. The molecule has 2 aromatic heterocycles. The van der Waals surface area contributed by atoms with Crippen molar-refractivity contribution in [1.82, 2.24) is 14.8 Å². The van der Waals surface area contributed by atoms with E-state index in [1.54, 1.807) is 14.2 Å². The Morgan fingerprint density at radius 3 is 2.75 bits per heavy atom. The number of methoxy groups -OCH3 is 2. The van der Waals surface area contributed by atoms with E-state index in [1.807, 2.05) is 36.7 Å². The zero-order valence-corrected chi connectivity index (χ0v) is 14.3. The number of fused-ring (bicyclic) bond motifs is 1. The van der Waals surface area contributed by atoms with Crippen molar-refractivity contribution in [2.45, 2.75) is 20.4 Å². The van der Waals surface area contributed by atoms with Crippen LogP contribution in [0.3, 0.4) is 0 Å². The summed E-state index contributed by atoms with van der Waals surface area (Å²) >= 11 is 0. The Hall–Kier alpha value is -2.60. The van der Waals surface area contributed by atoms with E-state index in [9.17, 15) is 4.79 Å². The lowest BCUT2D eigenvalue weighted by Crippen LogP contribution is -2.07. The second-order valence-electron chi connectivity index (χ2n) is 5.70. The summed E-state index contributed by atoms with van der Waals surface area (Å²) in [7, 11) is 3.28. The fourth-order valence-electron chi connectivity index (χ4n) is 3.09. The molecule has 0 aliphatic heterocycles. The Bertz CT molecular complexity index is 893. The van der Waals surface area contributed by atoms with E-state index in [0.717, 1.165) is 45.6 Å². The van der Waals surface area contributed by atoms with Gasteiger partial charge in [-0.15, -0.1) is 0 Å². The van der Waals surface area contributed by atoms with E-state index in [0.29, 0.717) is 18.7 Å². The first kappa shape index (κ1) is 16.3. The van der Waals surface area contributed by atoms with Crippen molar-refractivity contribution in [3.63, 3.8) is 0 Å². The second kappa shape index (κ2) is 6.49. The van der Waals surface area contributed by atoms with Gasteiger partial charge in [-0.05, 0) is 32.0 Å². The molecule has 2 heterocycles. The maximum Gasteiger partial charge on any atom is 0.152 e. The number of ether oxygens (including phenoxy) is 2. The summed E-state index contributed by atoms with van der Waals surface area (Å²) in [6.45, 7) is 5.22. The predicted molar refractivity (Wildman–Crippen MR) is 92.8 cm³/mol. The molecule has 24 heavy (non-hydrogen) atoms. The number of aryl methyl sites for hydroxylation is 1. The molecule has 0 saturated heterocycles. The number of hydrogen-bond acceptors (Lipinski definition) is 4. The summed E-state index contributed by atoms with van der Waals surface area (Å²) in [5, 5.41) is 5.43. The van der Waals surface area contributed by atoms with Gasteiger partial charge in [0, 0.05) is 34.8 Å². The van der Waals surface area contributed by atoms with Crippen LogP contribution in [-0.2, 0) is 11.3 Å². The quantitative estimate of drug-likeness (QED) is 0.706. The van der Waals surface area contributed by atoms with Crippen LogP contribution in [-0.4, -0.2) is 41.9 Å². The molecule has 126 valence electrons. The topological polar surface area (TPSA) is 69.1 Å². The van der Waals surface area contributed by atoms with Crippen LogP contribution < -0.4 is 4.74 Å². The van der Waals surface area contributed by atoms with Crippen LogP contribution in [0.2, 0.25) is 0 Å². The maximum absolute atomic E-state index is 11.8. The molecule has 3 rings (SSSR count). The molecule has 3 aromatic rings. The molecule has 0 bridgehead atoms. The van der Waals surface area contributed by atoms with E-state index in [4.69, 9.17) is 9.47 Å². The van der Waals surface area contributed by atoms with Gasteiger partial charge in [0.1, 0.15) is 5.75 Å². The standard InChI is InChI=1S/C18H21N3O3/c1-11-17(12(2)21(20-11)7-8-23-3)18-15(10-22)14-9-13(24-4)5-6-16(14)19-18/h5-6,9-10,19H,7-8H2,1-4H3. The van der Waals surface area contributed by atoms with Gasteiger partial charge >= 0.3 is 0 Å². The lowest BCUT2D eigenvalue weighted by molar-refractivity contribution is 0.112. The van der Waals surface area contributed by atoms with E-state index in [-0.39, 0.29) is 0 Å². The third kappa shape index (κ3) is 2.59. The van der Waals surface area contributed by atoms with Gasteiger partial charge in [0.15, 0.2) is 6.29 Å². The number of rotatable bonds is 6. The van der Waals surface area contributed by atoms with Gasteiger partial charge in [0.25, 0.3) is 0 Å². The lowest BCUT2D eigenvalue weighted by Gasteiger charge is -2.04. The van der Waals surface area contributed by atoms with Crippen molar-refractivity contribution in [3.8, 4) is 17.0 Å². The monoisotopic (exact) mass is 327 g/mol. The molecular weight excluding hydrogens is 306 g/mol. The van der Waals surface area contributed by atoms with Crippen molar-refractivity contribution in [3.05, 3.63) is 35.2 Å². The van der Waals surface area contributed by atoms with E-state index < -0.39 is 0 Å². The molecule has 0 unspecified atom stereocenters. The highest BCUT2D eigenvalue weighted by Crippen LogP contribution is 2.34. The van der Waals surface area contributed by atoms with Crippen LogP contribution in [0.15, 0.2) is 18.2 Å². The highest BCUT2D eigenvalue weighted by molar-refractivity contribution is 6.05. The van der Waals surface area contributed by atoms with Crippen LogP contribution >= 0.6 is 0 Å². The maximum atomic E-state index is 11.8. The highest BCUT2D eigenvalue weighted by atomic mass is 16.5. The molecule has 0 aliphatic rings. The summed E-state index contributed by atoms with van der Waals surface area (Å²) in [6.07, 6.45) is 0.888. The lowest BCUT2D eigenvalue weighted by atomic mass is 10.0. The number of aromatic nitrogens is 3. The summed E-state index contributed by atoms with van der Waals surface area (Å²) in [6, 6.07) is 5.67. The molecular formula is C18H21N3O3. The van der Waals surface area contributed by atoms with Gasteiger partial charge in [0.05, 0.1) is 31.6 Å². The van der Waals surface area contributed by atoms with E-state index in [2.05, 4.69) is 10.1 Å². The third-order valence-corrected chi connectivity index (χ3v) is 4.30. The number of carbonyl (C=O) groups excluding carboxylic acids is 1. The molecule has 0 fully saturated rings. The SMILES string of the molecule is COCCn1nc(C)c(-c2[nH]c3ccc(OC)cc3c2C=O)c1C. The van der Waals surface area contributed by atoms with Gasteiger partial charge in [-0.25, -0.2) is 0 Å². The van der Waals surface area contributed by atoms with Crippen LogP contribution in [0.1, 0.15) is 21.7 Å². The summed E-state index contributed by atoms with van der Waals surface area (Å²) in [5.41, 5.74) is 5.17. The Kier molecular flexibility index (Phi) is 4.40. The van der Waals surface area contributed by atoms with Crippen LogP contribution in [0.5, 0.6) is 5.75 Å². The van der Waals surface area contributed by atoms with Crippen molar-refractivity contribution in [2.75, 3.05) is 20.8 Å². The molecule has 0 saturated carbocycles. The Balaban J connectivity index is 2.19. The van der Waals surface area contributed by atoms with Gasteiger partial charge in [0.2, 0.25) is 0 Å². The molecule has 0 amide bonds. The van der Waals surface area contributed by atoms with Crippen LogP contribution in [0.4, 0.5) is 0 Å². The molecule has 1 N–H and O–H groups in total. The highest BCUT2D eigenvalue weighted by Gasteiger charge is 2.20. The van der Waals surface area contributed by atoms with Crippen LogP contribution in [0, 0.1) is 13.8 Å². The van der Waals surface area contributed by atoms with Crippen molar-refractivity contribution in [2.24, 2.45) is 0 Å². The van der Waals surface area contributed by atoms with Crippen molar-refractivity contribution < 1.29 is 14.3 Å². The van der Waals surface area contributed by atoms with Gasteiger partial charge in [-0.2, -0.15) is 5.10 Å². The molecule has 0 atom stereocenters. The fraction of sp³-hybridized carbons (Fsp3) is 0.333. The van der Waals surface area contributed by atoms with Crippen molar-refractivity contribution in [1.29, 1.82) is 0 Å². The number of benzene rings is 1. The number of carbonyl (C=O) groups is 1. The fourth-order valence-corrected chi connectivity index (χ4v) is 3.09. The molecule has 0 spiro atoms. The number of H-pyrrole nitrogens is 1. The molecule has 1 aromatic carbocycles. The van der Waals surface area contributed by atoms with Gasteiger partial charge in [-0.3, -0.25) is 9.48 Å². The van der Waals surface area contributed by atoms with E-state index in [1.165, 1.54) is 0 Å². The molecule has 0 radical (unpaired) electrons. The van der Waals surface area contributed by atoms with Gasteiger partial charge < -0.3 is 14.5 Å².